The van der Waals surface area contributed by atoms with Gasteiger partial charge in [-0.05, 0) is 25.3 Å². The number of hydrogen-bond donors (Lipinski definition) is 0. The molecule has 0 fully saturated rings. The molecule has 5 nitrogen and oxygen atoms in total. The SMILES string of the molecule is CCOC(=O)c1cnc(SC)nc1C(=O)c1ccccc1F. The number of benzene rings is 1. The van der Waals surface area contributed by atoms with Crippen molar-refractivity contribution in [2.45, 2.75) is 12.1 Å². The Morgan fingerprint density at radius 3 is 2.64 bits per heavy atom. The smallest absolute Gasteiger partial charge is 0.342 e. The molecule has 0 saturated carbocycles. The first-order chi connectivity index (χ1) is 10.6. The highest BCUT2D eigenvalue weighted by atomic mass is 32.2. The van der Waals surface area contributed by atoms with E-state index in [0.717, 1.165) is 0 Å². The molecule has 1 heterocycles. The Morgan fingerprint density at radius 1 is 1.27 bits per heavy atom. The van der Waals surface area contributed by atoms with Crippen LogP contribution >= 0.6 is 11.8 Å². The number of halogens is 1. The van der Waals surface area contributed by atoms with Crippen LogP contribution in [0.3, 0.4) is 0 Å². The van der Waals surface area contributed by atoms with E-state index < -0.39 is 17.6 Å². The zero-order chi connectivity index (χ0) is 16.1. The van der Waals surface area contributed by atoms with Crippen LogP contribution in [0, 0.1) is 5.82 Å². The lowest BCUT2D eigenvalue weighted by atomic mass is 10.0. The zero-order valence-corrected chi connectivity index (χ0v) is 12.8. The number of ether oxygens (including phenoxy) is 1. The third-order valence-electron chi connectivity index (χ3n) is 2.78. The number of hydrogen-bond acceptors (Lipinski definition) is 6. The maximum atomic E-state index is 13.8. The fraction of sp³-hybridized carbons (Fsp3) is 0.200. The topological polar surface area (TPSA) is 69.2 Å². The van der Waals surface area contributed by atoms with E-state index in [1.54, 1.807) is 13.2 Å². The van der Waals surface area contributed by atoms with Gasteiger partial charge in [-0.1, -0.05) is 23.9 Å². The van der Waals surface area contributed by atoms with Crippen molar-refractivity contribution in [1.29, 1.82) is 0 Å². The Balaban J connectivity index is 2.54. The Morgan fingerprint density at radius 2 is 2.00 bits per heavy atom. The van der Waals surface area contributed by atoms with Gasteiger partial charge < -0.3 is 4.74 Å². The Bertz CT molecular complexity index is 722. The van der Waals surface area contributed by atoms with Crippen LogP contribution in [0.4, 0.5) is 4.39 Å². The second kappa shape index (κ2) is 7.13. The van der Waals surface area contributed by atoms with Crippen molar-refractivity contribution in [1.82, 2.24) is 9.97 Å². The molecule has 0 atom stereocenters. The van der Waals surface area contributed by atoms with Gasteiger partial charge in [-0.15, -0.1) is 0 Å². The Kier molecular flexibility index (Phi) is 5.21. The number of carbonyl (C=O) groups is 2. The van der Waals surface area contributed by atoms with E-state index in [-0.39, 0.29) is 23.4 Å². The third-order valence-corrected chi connectivity index (χ3v) is 3.34. The maximum Gasteiger partial charge on any atom is 0.342 e. The molecule has 0 spiro atoms. The fourth-order valence-electron chi connectivity index (χ4n) is 1.77. The van der Waals surface area contributed by atoms with Gasteiger partial charge in [0.05, 0.1) is 12.2 Å². The molecule has 1 aromatic heterocycles. The fourth-order valence-corrected chi connectivity index (χ4v) is 2.11. The Labute approximate surface area is 130 Å². The summed E-state index contributed by atoms with van der Waals surface area (Å²) in [5.74, 6) is -2.07. The number of carbonyl (C=O) groups excluding carboxylic acids is 2. The zero-order valence-electron chi connectivity index (χ0n) is 12.0. The average Bonchev–Trinajstić information content (AvgIpc) is 2.54. The summed E-state index contributed by atoms with van der Waals surface area (Å²) in [7, 11) is 0. The summed E-state index contributed by atoms with van der Waals surface area (Å²) in [6.45, 7) is 1.80. The number of ketones is 1. The summed E-state index contributed by atoms with van der Waals surface area (Å²) in [6.07, 6.45) is 2.96. The van der Waals surface area contributed by atoms with Gasteiger partial charge in [-0.2, -0.15) is 0 Å². The van der Waals surface area contributed by atoms with E-state index in [1.165, 1.54) is 42.2 Å². The van der Waals surface area contributed by atoms with Crippen LogP contribution in [-0.2, 0) is 4.74 Å². The standard InChI is InChI=1S/C15H13FN2O3S/c1-3-21-14(20)10-8-17-15(22-2)18-12(10)13(19)9-6-4-5-7-11(9)16/h4-8H,3H2,1-2H3. The summed E-state index contributed by atoms with van der Waals surface area (Å²) in [4.78, 5) is 32.5. The number of nitrogens with zero attached hydrogens (tertiary/aromatic N) is 2. The molecular formula is C15H13FN2O3S. The molecule has 2 aromatic rings. The molecule has 0 aliphatic rings. The largest absolute Gasteiger partial charge is 0.462 e. The second-order valence-electron chi connectivity index (χ2n) is 4.15. The highest BCUT2D eigenvalue weighted by Gasteiger charge is 2.24. The van der Waals surface area contributed by atoms with Crippen molar-refractivity contribution in [2.24, 2.45) is 0 Å². The van der Waals surface area contributed by atoms with Gasteiger partial charge >= 0.3 is 5.97 Å². The Hall–Kier alpha value is -2.28. The number of esters is 1. The van der Waals surface area contributed by atoms with Crippen LogP contribution in [-0.4, -0.2) is 34.6 Å². The molecule has 1 aromatic carbocycles. The molecule has 0 unspecified atom stereocenters. The number of thioether (sulfide) groups is 1. The van der Waals surface area contributed by atoms with Crippen molar-refractivity contribution in [3.8, 4) is 0 Å². The number of rotatable bonds is 5. The first-order valence-corrected chi connectivity index (χ1v) is 7.68. The first-order valence-electron chi connectivity index (χ1n) is 6.45. The molecule has 0 radical (unpaired) electrons. The van der Waals surface area contributed by atoms with E-state index >= 15 is 0 Å². The molecule has 0 amide bonds. The average molecular weight is 320 g/mol. The summed E-state index contributed by atoms with van der Waals surface area (Å²) in [5.41, 5.74) is -0.394. The molecule has 0 bridgehead atoms. The molecule has 2 rings (SSSR count). The minimum absolute atomic E-state index is 0.0760. The van der Waals surface area contributed by atoms with Crippen LogP contribution in [0.2, 0.25) is 0 Å². The summed E-state index contributed by atoms with van der Waals surface area (Å²) >= 11 is 1.21. The lowest BCUT2D eigenvalue weighted by Gasteiger charge is -2.08. The first kappa shape index (κ1) is 16.1. The van der Waals surface area contributed by atoms with Crippen molar-refractivity contribution in [3.05, 3.63) is 53.1 Å². The van der Waals surface area contributed by atoms with Gasteiger partial charge in [0.2, 0.25) is 5.78 Å². The van der Waals surface area contributed by atoms with Crippen LogP contribution in [0.5, 0.6) is 0 Å². The second-order valence-corrected chi connectivity index (χ2v) is 4.92. The maximum absolute atomic E-state index is 13.8. The van der Waals surface area contributed by atoms with Crippen molar-refractivity contribution < 1.29 is 18.7 Å². The van der Waals surface area contributed by atoms with Crippen LogP contribution in [0.1, 0.15) is 33.3 Å². The van der Waals surface area contributed by atoms with E-state index in [4.69, 9.17) is 4.74 Å². The molecule has 114 valence electrons. The normalized spacial score (nSPS) is 10.3. The van der Waals surface area contributed by atoms with Crippen LogP contribution in [0.25, 0.3) is 0 Å². The monoisotopic (exact) mass is 320 g/mol. The quantitative estimate of drug-likeness (QED) is 0.365. The van der Waals surface area contributed by atoms with E-state index in [1.807, 2.05) is 0 Å². The molecule has 7 heteroatoms. The van der Waals surface area contributed by atoms with Gasteiger partial charge in [0, 0.05) is 6.20 Å². The predicted molar refractivity (Wildman–Crippen MR) is 79.6 cm³/mol. The molecule has 0 aliphatic carbocycles. The lowest BCUT2D eigenvalue weighted by Crippen LogP contribution is -2.16. The molecule has 0 aliphatic heterocycles. The van der Waals surface area contributed by atoms with Crippen molar-refractivity contribution in [3.63, 3.8) is 0 Å². The summed E-state index contributed by atoms with van der Waals surface area (Å²) in [6, 6.07) is 5.53. The predicted octanol–water partition coefficient (Wildman–Crippen LogP) is 2.75. The molecule has 22 heavy (non-hydrogen) atoms. The highest BCUT2D eigenvalue weighted by molar-refractivity contribution is 7.98. The van der Waals surface area contributed by atoms with Crippen molar-refractivity contribution in [2.75, 3.05) is 12.9 Å². The summed E-state index contributed by atoms with van der Waals surface area (Å²) < 4.78 is 18.7. The van der Waals surface area contributed by atoms with E-state index in [9.17, 15) is 14.0 Å². The van der Waals surface area contributed by atoms with Gasteiger partial charge in [0.15, 0.2) is 5.16 Å². The lowest BCUT2D eigenvalue weighted by molar-refractivity contribution is 0.0522. The van der Waals surface area contributed by atoms with Gasteiger partial charge in [0.25, 0.3) is 0 Å². The molecule has 0 saturated heterocycles. The summed E-state index contributed by atoms with van der Waals surface area (Å²) in [5, 5.41) is 0.313. The van der Waals surface area contributed by atoms with Gasteiger partial charge in [-0.25, -0.2) is 19.2 Å². The van der Waals surface area contributed by atoms with Gasteiger partial charge in [-0.3, -0.25) is 4.79 Å². The minimum atomic E-state index is -0.713. The van der Waals surface area contributed by atoms with Crippen LogP contribution < -0.4 is 0 Å². The van der Waals surface area contributed by atoms with Crippen LogP contribution in [0.15, 0.2) is 35.6 Å². The molecule has 0 N–H and O–H groups in total. The van der Waals surface area contributed by atoms with Gasteiger partial charge in [0.1, 0.15) is 17.1 Å². The number of aromatic nitrogens is 2. The third kappa shape index (κ3) is 3.30. The van der Waals surface area contributed by atoms with E-state index in [0.29, 0.717) is 5.16 Å². The minimum Gasteiger partial charge on any atom is -0.462 e. The van der Waals surface area contributed by atoms with Crippen molar-refractivity contribution >= 4 is 23.5 Å². The van der Waals surface area contributed by atoms with E-state index in [2.05, 4.69) is 9.97 Å². The highest BCUT2D eigenvalue weighted by Crippen LogP contribution is 2.18. The molecular weight excluding hydrogens is 307 g/mol.